The number of nitrogens with one attached hydrogen (secondary N) is 1. The van der Waals surface area contributed by atoms with Crippen molar-refractivity contribution in [2.45, 2.75) is 52.6 Å². The molecule has 176 valence electrons. The van der Waals surface area contributed by atoms with Crippen LogP contribution in [0.15, 0.2) is 46.8 Å². The van der Waals surface area contributed by atoms with Crippen molar-refractivity contribution in [3.63, 3.8) is 0 Å². The van der Waals surface area contributed by atoms with Gasteiger partial charge in [-0.1, -0.05) is 32.0 Å². The van der Waals surface area contributed by atoms with E-state index in [0.717, 1.165) is 0 Å². The van der Waals surface area contributed by atoms with Crippen LogP contribution in [0.1, 0.15) is 52.0 Å². The summed E-state index contributed by atoms with van der Waals surface area (Å²) in [7, 11) is 1.21. The number of nitro benzene ring substituents is 1. The number of para-hydroxylation sites is 1. The Bertz CT molecular complexity index is 1070. The first-order valence-corrected chi connectivity index (χ1v) is 10.9. The van der Waals surface area contributed by atoms with E-state index in [-0.39, 0.29) is 34.4 Å². The van der Waals surface area contributed by atoms with Gasteiger partial charge in [-0.05, 0) is 32.6 Å². The lowest BCUT2D eigenvalue weighted by molar-refractivity contribution is -0.385. The highest BCUT2D eigenvalue weighted by Gasteiger charge is 2.48. The highest BCUT2D eigenvalue weighted by molar-refractivity contribution is 6.12. The van der Waals surface area contributed by atoms with Crippen molar-refractivity contribution in [1.29, 1.82) is 0 Å². The summed E-state index contributed by atoms with van der Waals surface area (Å²) in [6, 6.07) is 6.00. The second-order valence-electron chi connectivity index (χ2n) is 8.48. The number of methoxy groups -OCH3 is 1. The number of ketones is 1. The zero-order valence-corrected chi connectivity index (χ0v) is 19.3. The Balaban J connectivity index is 2.25. The lowest BCUT2D eigenvalue weighted by Gasteiger charge is -2.38. The van der Waals surface area contributed by atoms with Gasteiger partial charge in [-0.15, -0.1) is 0 Å². The summed E-state index contributed by atoms with van der Waals surface area (Å²) in [5.41, 5.74) is 1.27. The molecule has 0 saturated heterocycles. The molecule has 0 amide bonds. The van der Waals surface area contributed by atoms with Gasteiger partial charge in [-0.25, -0.2) is 4.79 Å². The van der Waals surface area contributed by atoms with Gasteiger partial charge in [0.05, 0.1) is 29.6 Å². The SMILES string of the molecule is CC[C@H](C)OC(=O)C1=C(C)NC2=C(C(=O)[C@H](C(=O)OC)[C@H](C)C2)[C@@H]1c1ccccc1[N+](=O)[O-]. The van der Waals surface area contributed by atoms with Crippen LogP contribution in [0.4, 0.5) is 5.69 Å². The number of allylic oxidation sites excluding steroid dienone is 3. The largest absolute Gasteiger partial charge is 0.468 e. The maximum Gasteiger partial charge on any atom is 0.337 e. The second kappa shape index (κ2) is 9.56. The van der Waals surface area contributed by atoms with Crippen molar-refractivity contribution in [2.75, 3.05) is 7.11 Å². The molecule has 4 atom stereocenters. The first kappa shape index (κ1) is 24.2. The van der Waals surface area contributed by atoms with Crippen molar-refractivity contribution in [2.24, 2.45) is 11.8 Å². The van der Waals surface area contributed by atoms with Gasteiger partial charge in [-0.2, -0.15) is 0 Å². The van der Waals surface area contributed by atoms with Crippen LogP contribution >= 0.6 is 0 Å². The van der Waals surface area contributed by atoms with E-state index in [2.05, 4.69) is 5.32 Å². The van der Waals surface area contributed by atoms with Gasteiger partial charge in [0.1, 0.15) is 5.92 Å². The summed E-state index contributed by atoms with van der Waals surface area (Å²) in [5, 5.41) is 15.0. The van der Waals surface area contributed by atoms with Crippen LogP contribution in [0.25, 0.3) is 0 Å². The molecule has 33 heavy (non-hydrogen) atoms. The minimum atomic E-state index is -1.06. The number of nitro groups is 1. The molecule has 1 aromatic carbocycles. The van der Waals surface area contributed by atoms with Gasteiger partial charge < -0.3 is 14.8 Å². The molecule has 1 N–H and O–H groups in total. The number of carbonyl (C=O) groups excluding carboxylic acids is 3. The van der Waals surface area contributed by atoms with Gasteiger partial charge in [-0.3, -0.25) is 19.7 Å². The van der Waals surface area contributed by atoms with Crippen molar-refractivity contribution in [3.05, 3.63) is 62.5 Å². The number of dihydropyridines is 1. The number of nitrogens with zero attached hydrogens (tertiary/aromatic N) is 1. The van der Waals surface area contributed by atoms with Gasteiger partial charge in [0.15, 0.2) is 5.78 Å². The van der Waals surface area contributed by atoms with Crippen LogP contribution in [-0.2, 0) is 23.9 Å². The summed E-state index contributed by atoms with van der Waals surface area (Å²) in [6.07, 6.45) is 0.545. The maximum absolute atomic E-state index is 13.6. The van der Waals surface area contributed by atoms with Gasteiger partial charge in [0.2, 0.25) is 0 Å². The Morgan fingerprint density at radius 1 is 1.30 bits per heavy atom. The molecule has 0 aromatic heterocycles. The van der Waals surface area contributed by atoms with Crippen molar-refractivity contribution in [1.82, 2.24) is 5.32 Å². The number of Topliss-reactive ketones (excluding diaryl/α,β-unsaturated/α-hetero) is 1. The van der Waals surface area contributed by atoms with E-state index < -0.39 is 34.5 Å². The Morgan fingerprint density at radius 2 is 1.97 bits per heavy atom. The average molecular weight is 456 g/mol. The Labute approximate surface area is 192 Å². The van der Waals surface area contributed by atoms with Crippen molar-refractivity contribution >= 4 is 23.4 Å². The van der Waals surface area contributed by atoms with E-state index in [0.29, 0.717) is 24.2 Å². The third kappa shape index (κ3) is 4.40. The molecule has 0 fully saturated rings. The molecule has 1 aliphatic heterocycles. The minimum Gasteiger partial charge on any atom is -0.468 e. The van der Waals surface area contributed by atoms with Crippen LogP contribution in [0.3, 0.4) is 0 Å². The van der Waals surface area contributed by atoms with Gasteiger partial charge in [0.25, 0.3) is 5.69 Å². The summed E-state index contributed by atoms with van der Waals surface area (Å²) in [5.74, 6) is -4.30. The minimum absolute atomic E-state index is 0.120. The Hall–Kier alpha value is -3.49. The highest BCUT2D eigenvalue weighted by Crippen LogP contribution is 2.47. The molecule has 1 heterocycles. The van der Waals surface area contributed by atoms with E-state index in [1.54, 1.807) is 26.8 Å². The summed E-state index contributed by atoms with van der Waals surface area (Å²) in [6.45, 7) is 7.07. The predicted octanol–water partition coefficient (Wildman–Crippen LogP) is 3.55. The van der Waals surface area contributed by atoms with Crippen LogP contribution < -0.4 is 5.32 Å². The topological polar surface area (TPSA) is 125 Å². The molecule has 1 aromatic rings. The first-order valence-electron chi connectivity index (χ1n) is 10.9. The fraction of sp³-hybridized carbons (Fsp3) is 0.458. The Kier molecular flexibility index (Phi) is 7.00. The fourth-order valence-electron chi connectivity index (χ4n) is 4.49. The van der Waals surface area contributed by atoms with Gasteiger partial charge in [0, 0.05) is 28.6 Å². The predicted molar refractivity (Wildman–Crippen MR) is 119 cm³/mol. The molecule has 0 spiro atoms. The molecule has 9 heteroatoms. The number of hydrogen-bond donors (Lipinski definition) is 1. The lowest BCUT2D eigenvalue weighted by atomic mass is 9.69. The van der Waals surface area contributed by atoms with Crippen LogP contribution in [0, 0.1) is 22.0 Å². The zero-order valence-electron chi connectivity index (χ0n) is 19.3. The summed E-state index contributed by atoms with van der Waals surface area (Å²) >= 11 is 0. The maximum atomic E-state index is 13.6. The standard InChI is InChI=1S/C24H28N2O7/c1-6-13(3)33-24(29)19-14(4)25-16-11-12(2)18(23(28)32-5)22(27)21(16)20(19)15-9-7-8-10-17(15)26(30)31/h7-10,12-13,18,20,25H,6,11H2,1-5H3/t12-,13+,18-,20-/m1/s1. The molecular weight excluding hydrogens is 428 g/mol. The number of hydrogen-bond acceptors (Lipinski definition) is 8. The van der Waals surface area contributed by atoms with E-state index in [1.807, 2.05) is 6.92 Å². The molecule has 0 saturated carbocycles. The number of rotatable bonds is 6. The number of esters is 2. The normalized spacial score (nSPS) is 23.4. The van der Waals surface area contributed by atoms with Gasteiger partial charge >= 0.3 is 11.9 Å². The second-order valence-corrected chi connectivity index (χ2v) is 8.48. The number of ether oxygens (including phenoxy) is 2. The van der Waals surface area contributed by atoms with Crippen LogP contribution in [0.2, 0.25) is 0 Å². The molecule has 2 aliphatic rings. The molecule has 9 nitrogen and oxygen atoms in total. The monoisotopic (exact) mass is 456 g/mol. The van der Waals surface area contributed by atoms with E-state index in [9.17, 15) is 24.5 Å². The molecule has 0 unspecified atom stereocenters. The third-order valence-electron chi connectivity index (χ3n) is 6.29. The number of carbonyl (C=O) groups is 3. The Morgan fingerprint density at radius 3 is 2.58 bits per heavy atom. The van der Waals surface area contributed by atoms with Crippen LogP contribution in [0.5, 0.6) is 0 Å². The highest BCUT2D eigenvalue weighted by atomic mass is 16.6. The van der Waals surface area contributed by atoms with Crippen molar-refractivity contribution < 1.29 is 28.8 Å². The summed E-state index contributed by atoms with van der Waals surface area (Å²) < 4.78 is 10.4. The molecular formula is C24H28N2O7. The average Bonchev–Trinajstić information content (AvgIpc) is 2.77. The summed E-state index contributed by atoms with van der Waals surface area (Å²) in [4.78, 5) is 50.6. The fourth-order valence-corrected chi connectivity index (χ4v) is 4.49. The first-order chi connectivity index (χ1) is 15.6. The molecule has 0 radical (unpaired) electrons. The van der Waals surface area contributed by atoms with E-state index in [4.69, 9.17) is 9.47 Å². The van der Waals surface area contributed by atoms with Crippen LogP contribution in [-0.4, -0.2) is 35.9 Å². The zero-order chi connectivity index (χ0) is 24.4. The third-order valence-corrected chi connectivity index (χ3v) is 6.29. The number of benzene rings is 1. The molecule has 0 bridgehead atoms. The molecule has 1 aliphatic carbocycles. The van der Waals surface area contributed by atoms with E-state index >= 15 is 0 Å². The molecule has 3 rings (SSSR count). The van der Waals surface area contributed by atoms with E-state index in [1.165, 1.54) is 25.3 Å². The quantitative estimate of drug-likeness (QED) is 0.298. The lowest BCUT2D eigenvalue weighted by Crippen LogP contribution is -2.43. The van der Waals surface area contributed by atoms with Crippen molar-refractivity contribution in [3.8, 4) is 0 Å². The smallest absolute Gasteiger partial charge is 0.337 e.